The standard InChI is InChI=1S/C16H26N2O4/c1-4-21-13(3)16(19)17-11-14(15-6-5-12(2)22-15)18-7-9-20-10-8-18/h5-6,13-14H,4,7-11H2,1-3H3,(H,17,19). The highest BCUT2D eigenvalue weighted by atomic mass is 16.5. The maximum atomic E-state index is 12.0. The maximum absolute atomic E-state index is 12.0. The Morgan fingerprint density at radius 1 is 1.41 bits per heavy atom. The molecule has 0 radical (unpaired) electrons. The van der Waals surface area contributed by atoms with Gasteiger partial charge in [0.15, 0.2) is 0 Å². The number of carbonyl (C=O) groups is 1. The van der Waals surface area contributed by atoms with Crippen molar-refractivity contribution in [3.63, 3.8) is 0 Å². The van der Waals surface area contributed by atoms with E-state index in [9.17, 15) is 4.79 Å². The molecule has 1 aliphatic heterocycles. The second kappa shape index (κ2) is 8.31. The van der Waals surface area contributed by atoms with Gasteiger partial charge in [-0.2, -0.15) is 0 Å². The van der Waals surface area contributed by atoms with Gasteiger partial charge >= 0.3 is 0 Å². The highest BCUT2D eigenvalue weighted by molar-refractivity contribution is 5.80. The lowest BCUT2D eigenvalue weighted by molar-refractivity contribution is -0.131. The van der Waals surface area contributed by atoms with Gasteiger partial charge in [0.25, 0.3) is 0 Å². The lowest BCUT2D eigenvalue weighted by Gasteiger charge is -2.33. The lowest BCUT2D eigenvalue weighted by atomic mass is 10.1. The van der Waals surface area contributed by atoms with Gasteiger partial charge in [0, 0.05) is 26.2 Å². The topological polar surface area (TPSA) is 63.9 Å². The molecule has 2 rings (SSSR count). The Hall–Kier alpha value is -1.37. The minimum atomic E-state index is -0.436. The van der Waals surface area contributed by atoms with E-state index >= 15 is 0 Å². The van der Waals surface area contributed by atoms with Crippen LogP contribution >= 0.6 is 0 Å². The Kier molecular flexibility index (Phi) is 6.42. The molecule has 1 fully saturated rings. The largest absolute Gasteiger partial charge is 0.465 e. The summed E-state index contributed by atoms with van der Waals surface area (Å²) in [5.74, 6) is 1.66. The minimum Gasteiger partial charge on any atom is -0.465 e. The molecule has 1 amide bonds. The van der Waals surface area contributed by atoms with Gasteiger partial charge in [-0.1, -0.05) is 0 Å². The Balaban J connectivity index is 2.00. The maximum Gasteiger partial charge on any atom is 0.248 e. The zero-order valence-electron chi connectivity index (χ0n) is 13.6. The van der Waals surface area contributed by atoms with E-state index in [-0.39, 0.29) is 11.9 Å². The predicted octanol–water partition coefficient (Wildman–Crippen LogP) is 1.50. The van der Waals surface area contributed by atoms with Gasteiger partial charge in [-0.25, -0.2) is 0 Å². The fraction of sp³-hybridized carbons (Fsp3) is 0.688. The quantitative estimate of drug-likeness (QED) is 0.827. The summed E-state index contributed by atoms with van der Waals surface area (Å²) in [5, 5.41) is 2.97. The molecule has 1 aliphatic rings. The number of aryl methyl sites for hydroxylation is 1. The van der Waals surface area contributed by atoms with E-state index in [0.29, 0.717) is 26.4 Å². The summed E-state index contributed by atoms with van der Waals surface area (Å²) in [4.78, 5) is 14.3. The van der Waals surface area contributed by atoms with Crippen LogP contribution in [0.15, 0.2) is 16.5 Å². The zero-order chi connectivity index (χ0) is 15.9. The van der Waals surface area contributed by atoms with Crippen LogP contribution in [0.3, 0.4) is 0 Å². The SMILES string of the molecule is CCOC(C)C(=O)NCC(c1ccc(C)o1)N1CCOCC1. The molecule has 124 valence electrons. The van der Waals surface area contributed by atoms with Gasteiger partial charge in [-0.15, -0.1) is 0 Å². The molecule has 0 spiro atoms. The number of nitrogens with one attached hydrogen (secondary N) is 1. The summed E-state index contributed by atoms with van der Waals surface area (Å²) in [5.41, 5.74) is 0. The van der Waals surface area contributed by atoms with Crippen LogP contribution in [-0.4, -0.2) is 56.4 Å². The number of carbonyl (C=O) groups excluding carboxylic acids is 1. The van der Waals surface area contributed by atoms with E-state index in [1.54, 1.807) is 6.92 Å². The Morgan fingerprint density at radius 2 is 2.14 bits per heavy atom. The van der Waals surface area contributed by atoms with Crippen LogP contribution in [0.2, 0.25) is 0 Å². The molecule has 0 aliphatic carbocycles. The molecule has 0 bridgehead atoms. The van der Waals surface area contributed by atoms with Gasteiger partial charge in [0.05, 0.1) is 19.3 Å². The van der Waals surface area contributed by atoms with Gasteiger partial charge in [0.2, 0.25) is 5.91 Å². The van der Waals surface area contributed by atoms with E-state index in [1.807, 2.05) is 26.0 Å². The van der Waals surface area contributed by atoms with Crippen molar-refractivity contribution >= 4 is 5.91 Å². The van der Waals surface area contributed by atoms with E-state index in [4.69, 9.17) is 13.9 Å². The van der Waals surface area contributed by atoms with Crippen LogP contribution in [0.4, 0.5) is 0 Å². The summed E-state index contributed by atoms with van der Waals surface area (Å²) in [6.45, 7) is 9.69. The number of amides is 1. The summed E-state index contributed by atoms with van der Waals surface area (Å²) in [6.07, 6.45) is -0.436. The number of nitrogens with zero attached hydrogens (tertiary/aromatic N) is 1. The summed E-state index contributed by atoms with van der Waals surface area (Å²) < 4.78 is 16.5. The Morgan fingerprint density at radius 3 is 2.73 bits per heavy atom. The molecule has 2 atom stereocenters. The lowest BCUT2D eigenvalue weighted by Crippen LogP contribution is -2.45. The van der Waals surface area contributed by atoms with Crippen molar-refractivity contribution in [1.82, 2.24) is 10.2 Å². The van der Waals surface area contributed by atoms with Crippen LogP contribution in [0.25, 0.3) is 0 Å². The number of hydrogen-bond acceptors (Lipinski definition) is 5. The van der Waals surface area contributed by atoms with E-state index < -0.39 is 6.10 Å². The van der Waals surface area contributed by atoms with Crippen LogP contribution in [0.5, 0.6) is 0 Å². The molecule has 0 saturated carbocycles. The fourth-order valence-electron chi connectivity index (χ4n) is 2.60. The minimum absolute atomic E-state index is 0.0235. The molecule has 0 aromatic carbocycles. The average molecular weight is 310 g/mol. The van der Waals surface area contributed by atoms with Crippen LogP contribution in [0, 0.1) is 6.92 Å². The second-order valence-electron chi connectivity index (χ2n) is 5.46. The number of morpholine rings is 1. The third-order valence-electron chi connectivity index (χ3n) is 3.83. The molecular formula is C16H26N2O4. The van der Waals surface area contributed by atoms with Crippen LogP contribution in [-0.2, 0) is 14.3 Å². The summed E-state index contributed by atoms with van der Waals surface area (Å²) in [6, 6.07) is 3.96. The molecule has 1 aromatic heterocycles. The predicted molar refractivity (Wildman–Crippen MR) is 82.7 cm³/mol. The van der Waals surface area contributed by atoms with Crippen molar-refractivity contribution in [2.24, 2.45) is 0 Å². The second-order valence-corrected chi connectivity index (χ2v) is 5.46. The smallest absolute Gasteiger partial charge is 0.248 e. The average Bonchev–Trinajstić information content (AvgIpc) is 2.95. The highest BCUT2D eigenvalue weighted by Gasteiger charge is 2.26. The molecule has 2 unspecified atom stereocenters. The first-order valence-corrected chi connectivity index (χ1v) is 7.89. The number of furan rings is 1. The first-order valence-electron chi connectivity index (χ1n) is 7.89. The number of rotatable bonds is 7. The van der Waals surface area contributed by atoms with Crippen molar-refractivity contribution in [2.75, 3.05) is 39.5 Å². The van der Waals surface area contributed by atoms with E-state index in [1.165, 1.54) is 0 Å². The van der Waals surface area contributed by atoms with Crippen LogP contribution in [0.1, 0.15) is 31.4 Å². The zero-order valence-corrected chi connectivity index (χ0v) is 13.6. The van der Waals surface area contributed by atoms with Crippen molar-refractivity contribution in [2.45, 2.75) is 32.9 Å². The Bertz CT molecular complexity index is 468. The van der Waals surface area contributed by atoms with Crippen molar-refractivity contribution in [3.8, 4) is 0 Å². The monoisotopic (exact) mass is 310 g/mol. The normalized spacial score (nSPS) is 18.9. The molecular weight excluding hydrogens is 284 g/mol. The molecule has 1 N–H and O–H groups in total. The van der Waals surface area contributed by atoms with Crippen molar-refractivity contribution in [1.29, 1.82) is 0 Å². The van der Waals surface area contributed by atoms with E-state index in [2.05, 4.69) is 10.2 Å². The molecule has 6 nitrogen and oxygen atoms in total. The van der Waals surface area contributed by atoms with Crippen molar-refractivity contribution in [3.05, 3.63) is 23.7 Å². The van der Waals surface area contributed by atoms with Crippen LogP contribution < -0.4 is 5.32 Å². The Labute approximate surface area is 131 Å². The third-order valence-corrected chi connectivity index (χ3v) is 3.83. The molecule has 6 heteroatoms. The molecule has 1 aromatic rings. The highest BCUT2D eigenvalue weighted by Crippen LogP contribution is 2.23. The molecule has 2 heterocycles. The number of hydrogen-bond donors (Lipinski definition) is 1. The first kappa shape index (κ1) is 17.0. The summed E-state index contributed by atoms with van der Waals surface area (Å²) >= 11 is 0. The molecule has 22 heavy (non-hydrogen) atoms. The van der Waals surface area contributed by atoms with Crippen molar-refractivity contribution < 1.29 is 18.7 Å². The van der Waals surface area contributed by atoms with Gasteiger partial charge in [0.1, 0.15) is 17.6 Å². The number of ether oxygens (including phenoxy) is 2. The van der Waals surface area contributed by atoms with E-state index in [0.717, 1.165) is 24.6 Å². The van der Waals surface area contributed by atoms with Gasteiger partial charge in [-0.3, -0.25) is 9.69 Å². The van der Waals surface area contributed by atoms with Gasteiger partial charge in [-0.05, 0) is 32.9 Å². The van der Waals surface area contributed by atoms with Gasteiger partial charge < -0.3 is 19.2 Å². The fourth-order valence-corrected chi connectivity index (χ4v) is 2.60. The third kappa shape index (κ3) is 4.56. The summed E-state index contributed by atoms with van der Waals surface area (Å²) in [7, 11) is 0. The first-order chi connectivity index (χ1) is 10.6. The molecule has 1 saturated heterocycles.